The predicted octanol–water partition coefficient (Wildman–Crippen LogP) is 27.1. The lowest BCUT2D eigenvalue weighted by atomic mass is 10.0. The molecule has 646 valence electrons. The molecule has 0 aromatic rings. The van der Waals surface area contributed by atoms with E-state index in [9.17, 15) is 43.5 Å². The van der Waals surface area contributed by atoms with Crippen LogP contribution in [0.1, 0.15) is 355 Å². The fourth-order valence-electron chi connectivity index (χ4n) is 11.7. The number of esters is 3. The van der Waals surface area contributed by atoms with Gasteiger partial charge in [-0.1, -0.05) is 351 Å². The van der Waals surface area contributed by atoms with Crippen LogP contribution in [0.2, 0.25) is 0 Å². The Labute approximate surface area is 688 Å². The number of hydrogen-bond acceptors (Lipinski definition) is 14. The molecule has 0 aliphatic rings. The number of allylic oxidation sites excluding steroid dienone is 28. The molecule has 0 rings (SSSR count). The molecule has 0 aliphatic carbocycles. The molecule has 0 aliphatic heterocycles. The van der Waals surface area contributed by atoms with Crippen LogP contribution in [0.15, 0.2) is 170 Å². The average Bonchev–Trinajstić information content (AvgIpc) is 0.898. The molecule has 16 nitrogen and oxygen atoms in total. The molecule has 0 spiro atoms. The molecule has 0 aromatic heterocycles. The van der Waals surface area contributed by atoms with Crippen molar-refractivity contribution in [3.05, 3.63) is 170 Å². The fourth-order valence-corrected chi connectivity index (χ4v) is 13.3. The first-order valence-electron chi connectivity index (χ1n) is 44.4. The molecule has 0 saturated carbocycles. The van der Waals surface area contributed by atoms with Gasteiger partial charge in [0.25, 0.3) is 0 Å². The number of ether oxygens (including phenoxy) is 3. The maximum atomic E-state index is 13.1. The van der Waals surface area contributed by atoms with E-state index in [1.807, 2.05) is 0 Å². The van der Waals surface area contributed by atoms with E-state index in [1.165, 1.54) is 122 Å². The van der Waals surface area contributed by atoms with Gasteiger partial charge in [-0.15, -0.1) is 0 Å². The summed E-state index contributed by atoms with van der Waals surface area (Å²) in [6.45, 7) is 2.43. The van der Waals surface area contributed by atoms with Gasteiger partial charge < -0.3 is 34.2 Å². The van der Waals surface area contributed by atoms with E-state index in [1.54, 1.807) is 0 Å². The summed E-state index contributed by atoms with van der Waals surface area (Å²) in [5.41, 5.74) is 0. The van der Waals surface area contributed by atoms with E-state index in [4.69, 9.17) is 32.3 Å². The van der Waals surface area contributed by atoms with E-state index in [-0.39, 0.29) is 19.3 Å². The van der Waals surface area contributed by atoms with Gasteiger partial charge in [-0.3, -0.25) is 32.5 Å². The van der Waals surface area contributed by atoms with E-state index in [0.717, 1.165) is 173 Å². The van der Waals surface area contributed by atoms with E-state index < -0.39 is 91.5 Å². The maximum Gasteiger partial charge on any atom is 0.472 e. The molecule has 4 N–H and O–H groups in total. The van der Waals surface area contributed by atoms with Gasteiger partial charge in [0.1, 0.15) is 25.4 Å². The van der Waals surface area contributed by atoms with Crippen molar-refractivity contribution in [2.75, 3.05) is 39.6 Å². The molecule has 0 heterocycles. The molecule has 0 radical (unpaired) electrons. The predicted molar refractivity (Wildman–Crippen MR) is 472 cm³/mol. The summed E-state index contributed by atoms with van der Waals surface area (Å²) in [6.07, 6.45) is 111. The normalized spacial score (nSPS) is 14.6. The third-order valence-corrected chi connectivity index (χ3v) is 20.3. The van der Waals surface area contributed by atoms with Crippen LogP contribution >= 0.6 is 15.6 Å². The van der Waals surface area contributed by atoms with Crippen LogP contribution in [-0.2, 0) is 55.8 Å². The summed E-state index contributed by atoms with van der Waals surface area (Å²) in [5, 5.41) is 20.7. The molecule has 113 heavy (non-hydrogen) atoms. The zero-order valence-electron chi connectivity index (χ0n) is 71.0. The van der Waals surface area contributed by atoms with Gasteiger partial charge >= 0.3 is 33.6 Å². The third-order valence-electron chi connectivity index (χ3n) is 18.4. The zero-order chi connectivity index (χ0) is 82.2. The van der Waals surface area contributed by atoms with Gasteiger partial charge in [-0.05, 0) is 154 Å². The van der Waals surface area contributed by atoms with Crippen LogP contribution in [0.25, 0.3) is 0 Å². The summed E-state index contributed by atoms with van der Waals surface area (Å²) in [5.74, 6) is -1.60. The molecule has 0 bridgehead atoms. The second-order valence-electron chi connectivity index (χ2n) is 29.3. The van der Waals surface area contributed by atoms with Crippen molar-refractivity contribution >= 4 is 33.6 Å². The minimum absolute atomic E-state index is 0.0766. The van der Waals surface area contributed by atoms with Crippen LogP contribution in [0.5, 0.6) is 0 Å². The number of phosphoric ester groups is 2. The number of aliphatic hydroxyl groups is 2. The molecule has 0 amide bonds. The Kier molecular flexibility index (Phi) is 82.4. The Hall–Kier alpha value is -5.09. The second-order valence-corrected chi connectivity index (χ2v) is 32.2. The number of hydrogen-bond donors (Lipinski definition) is 4. The minimum Gasteiger partial charge on any atom is -0.463 e. The third kappa shape index (κ3) is 87.6. The van der Waals surface area contributed by atoms with Crippen molar-refractivity contribution in [2.24, 2.45) is 0 Å². The summed E-state index contributed by atoms with van der Waals surface area (Å²) in [4.78, 5) is 58.9. The topological polar surface area (TPSA) is 231 Å². The highest BCUT2D eigenvalue weighted by Gasteiger charge is 2.29. The van der Waals surface area contributed by atoms with Gasteiger partial charge in [0, 0.05) is 19.3 Å². The number of rotatable bonds is 83. The monoisotopic (exact) mass is 1620 g/mol. The number of carbonyl (C=O) groups excluding carboxylic acids is 3. The Morgan fingerprint density at radius 1 is 0.257 bits per heavy atom. The quantitative estimate of drug-likeness (QED) is 0.0146. The smallest absolute Gasteiger partial charge is 0.463 e. The van der Waals surface area contributed by atoms with Crippen LogP contribution in [-0.4, -0.2) is 95.9 Å². The largest absolute Gasteiger partial charge is 0.472 e. The molecular formula is C95H160O16P2. The second kappa shape index (κ2) is 86.3. The van der Waals surface area contributed by atoms with Crippen LogP contribution in [0.4, 0.5) is 0 Å². The number of phosphoric acid groups is 2. The lowest BCUT2D eigenvalue weighted by Crippen LogP contribution is -2.30. The van der Waals surface area contributed by atoms with Crippen molar-refractivity contribution < 1.29 is 75.8 Å². The zero-order valence-corrected chi connectivity index (χ0v) is 72.8. The van der Waals surface area contributed by atoms with Crippen molar-refractivity contribution in [1.82, 2.24) is 0 Å². The van der Waals surface area contributed by atoms with Gasteiger partial charge in [-0.2, -0.15) is 0 Å². The lowest BCUT2D eigenvalue weighted by Gasteiger charge is -2.21. The average molecular weight is 1620 g/mol. The number of aliphatic hydroxyl groups excluding tert-OH is 2. The molecular weight excluding hydrogens is 1460 g/mol. The van der Waals surface area contributed by atoms with Crippen LogP contribution in [0, 0.1) is 0 Å². The highest BCUT2D eigenvalue weighted by molar-refractivity contribution is 7.47. The van der Waals surface area contributed by atoms with Gasteiger partial charge in [0.05, 0.1) is 26.4 Å². The van der Waals surface area contributed by atoms with Crippen molar-refractivity contribution in [1.29, 1.82) is 0 Å². The molecule has 0 fully saturated rings. The Bertz CT molecular complexity index is 2730. The van der Waals surface area contributed by atoms with Crippen molar-refractivity contribution in [3.8, 4) is 0 Å². The Balaban J connectivity index is 4.64. The summed E-state index contributed by atoms with van der Waals surface area (Å²) < 4.78 is 61.4. The highest BCUT2D eigenvalue weighted by Crippen LogP contribution is 2.45. The fraction of sp³-hybridized carbons (Fsp3) is 0.674. The standard InChI is InChI=1S/C95H160O16P2/c1-4-7-10-13-16-19-22-25-28-31-34-37-39-41-43-44-46-48-49-52-54-57-60-63-66-69-72-75-78-81-93(98)105-84-90(96)85-107-112(101,102)108-86-91(97)87-109-113(103,104)110-89-92(111-95(100)83-80-77-74-71-68-65-62-59-56-51-36-33-30-27-24-21-18-15-12-9-6-3)88-106-94(99)82-79-76-73-70-67-64-61-58-55-53-50-47-45-42-40-38-35-32-29-26-23-20-17-14-11-8-5-2/h8-9,11-12,16-21,25-30,34-38,41-43,45,51,59,62,90-92,96-97H,4-7,10,13-15,22-24,31-33,39-40,44,46-50,52-58,60-61,63-89H2,1-3H3,(H,101,102)(H,103,104)/b11-8-,12-9-,19-16-,20-17-,21-18-,28-25-,29-26-,30-27-,37-34-,38-35-,43-41-,45-42-,51-36-,62-59-. The summed E-state index contributed by atoms with van der Waals surface area (Å²) >= 11 is 0. The van der Waals surface area contributed by atoms with Crippen molar-refractivity contribution in [3.63, 3.8) is 0 Å². The number of carbonyl (C=O) groups is 3. The molecule has 5 unspecified atom stereocenters. The first kappa shape index (κ1) is 108. The van der Waals surface area contributed by atoms with Crippen LogP contribution < -0.4 is 0 Å². The summed E-state index contributed by atoms with van der Waals surface area (Å²) in [7, 11) is -9.82. The molecule has 0 aromatic carbocycles. The Morgan fingerprint density at radius 3 is 0.743 bits per heavy atom. The highest BCUT2D eigenvalue weighted by atomic mass is 31.2. The van der Waals surface area contributed by atoms with Gasteiger partial charge in [-0.25, -0.2) is 9.13 Å². The molecule has 0 saturated heterocycles. The number of unbranched alkanes of at least 4 members (excludes halogenated alkanes) is 32. The van der Waals surface area contributed by atoms with E-state index in [0.29, 0.717) is 19.3 Å². The molecule has 18 heteroatoms. The molecule has 5 atom stereocenters. The first-order valence-corrected chi connectivity index (χ1v) is 47.4. The van der Waals surface area contributed by atoms with Crippen molar-refractivity contribution in [2.45, 2.75) is 373 Å². The van der Waals surface area contributed by atoms with Crippen LogP contribution in [0.3, 0.4) is 0 Å². The summed E-state index contributed by atoms with van der Waals surface area (Å²) in [6, 6.07) is 0. The maximum absolute atomic E-state index is 13.1. The Morgan fingerprint density at radius 2 is 0.469 bits per heavy atom. The van der Waals surface area contributed by atoms with E-state index >= 15 is 0 Å². The van der Waals surface area contributed by atoms with Gasteiger partial charge in [0.2, 0.25) is 0 Å². The van der Waals surface area contributed by atoms with E-state index in [2.05, 4.69) is 191 Å². The first-order chi connectivity index (χ1) is 55.2. The SMILES string of the molecule is CC/C=C\C/C=C\C/C=C\C/C=C\C/C=C\CCCCCCCCCCCCCC(=O)OCC(COP(=O)(O)OCC(O)COP(=O)(O)OCC(O)COC(=O)CCCCCCCCCCCCCCC/C=C\C/C=C\C/C=C\C/C=C\CCCCC)OC(=O)CCCCCCC/C=C\C/C=C\C/C=C\C/C=C\C/C=C\CC. The van der Waals surface area contributed by atoms with Gasteiger partial charge in [0.15, 0.2) is 6.10 Å². The lowest BCUT2D eigenvalue weighted by molar-refractivity contribution is -0.161. The minimum atomic E-state index is -4.95.